The summed E-state index contributed by atoms with van der Waals surface area (Å²) in [5.74, 6) is 0.0197. The molecule has 1 saturated heterocycles. The fraction of sp³-hybridized carbons (Fsp3) is 0.667. The minimum absolute atomic E-state index is 0.00155. The van der Waals surface area contributed by atoms with Crippen LogP contribution in [0, 0.1) is 0 Å². The molecule has 1 aliphatic rings. The van der Waals surface area contributed by atoms with Gasteiger partial charge in [0.2, 0.25) is 11.8 Å². The largest absolute Gasteiger partial charge is 0.354 e. The minimum atomic E-state index is -0.0731. The molecule has 1 heterocycles. The van der Waals surface area contributed by atoms with Crippen molar-refractivity contribution in [1.82, 2.24) is 15.5 Å². The molecular weight excluding hydrogens is 218 g/mol. The molecule has 17 heavy (non-hydrogen) atoms. The molecule has 0 aliphatic carbocycles. The van der Waals surface area contributed by atoms with Crippen molar-refractivity contribution in [2.75, 3.05) is 26.7 Å². The first kappa shape index (κ1) is 13.7. The van der Waals surface area contributed by atoms with E-state index < -0.39 is 0 Å². The number of carbonyl (C=O) groups excluding carboxylic acids is 2. The van der Waals surface area contributed by atoms with Gasteiger partial charge in [0.05, 0.1) is 6.04 Å². The summed E-state index contributed by atoms with van der Waals surface area (Å²) in [5, 5.41) is 5.89. The van der Waals surface area contributed by atoms with E-state index in [1.165, 1.54) is 0 Å². The van der Waals surface area contributed by atoms with E-state index >= 15 is 0 Å². The molecule has 1 fully saturated rings. The third-order valence-corrected chi connectivity index (χ3v) is 2.84. The Balaban J connectivity index is 2.16. The smallest absolute Gasteiger partial charge is 0.237 e. The minimum Gasteiger partial charge on any atom is -0.354 e. The maximum atomic E-state index is 11.6. The normalized spacial score (nSPS) is 18.8. The van der Waals surface area contributed by atoms with E-state index in [-0.39, 0.29) is 17.9 Å². The number of likely N-dealkylation sites (N-methyl/N-ethyl adjacent to an activating group) is 1. The molecule has 1 rings (SSSR count). The zero-order valence-electron chi connectivity index (χ0n) is 10.4. The van der Waals surface area contributed by atoms with Crippen molar-refractivity contribution >= 4 is 11.8 Å². The summed E-state index contributed by atoms with van der Waals surface area (Å²) in [6.45, 7) is 5.41. The van der Waals surface area contributed by atoms with Gasteiger partial charge in [-0.15, -0.1) is 6.58 Å². The second kappa shape index (κ2) is 7.06. The van der Waals surface area contributed by atoms with Crippen molar-refractivity contribution in [2.24, 2.45) is 0 Å². The predicted molar refractivity (Wildman–Crippen MR) is 66.5 cm³/mol. The van der Waals surface area contributed by atoms with E-state index in [0.717, 1.165) is 19.4 Å². The highest BCUT2D eigenvalue weighted by atomic mass is 16.2. The molecule has 0 aromatic rings. The number of nitrogens with one attached hydrogen (secondary N) is 2. The Kier molecular flexibility index (Phi) is 5.69. The van der Waals surface area contributed by atoms with Gasteiger partial charge in [0.25, 0.3) is 0 Å². The average molecular weight is 239 g/mol. The topological polar surface area (TPSA) is 61.4 Å². The number of hydrogen-bond acceptors (Lipinski definition) is 3. The van der Waals surface area contributed by atoms with E-state index in [9.17, 15) is 9.59 Å². The van der Waals surface area contributed by atoms with Crippen molar-refractivity contribution in [3.05, 3.63) is 12.7 Å². The van der Waals surface area contributed by atoms with Crippen LogP contribution >= 0.6 is 0 Å². The van der Waals surface area contributed by atoms with Gasteiger partial charge in [-0.1, -0.05) is 6.08 Å². The average Bonchev–Trinajstić information content (AvgIpc) is 2.82. The van der Waals surface area contributed by atoms with Crippen molar-refractivity contribution in [3.8, 4) is 0 Å². The van der Waals surface area contributed by atoms with Crippen LogP contribution in [0.2, 0.25) is 0 Å². The number of carbonyl (C=O) groups is 2. The van der Waals surface area contributed by atoms with Crippen LogP contribution in [-0.2, 0) is 9.59 Å². The van der Waals surface area contributed by atoms with Crippen molar-refractivity contribution in [1.29, 1.82) is 0 Å². The van der Waals surface area contributed by atoms with Crippen LogP contribution in [0.4, 0.5) is 0 Å². The summed E-state index contributed by atoms with van der Waals surface area (Å²) in [6, 6.07) is -0.0731. The Morgan fingerprint density at radius 2 is 2.35 bits per heavy atom. The number of hydrogen-bond donors (Lipinski definition) is 2. The lowest BCUT2D eigenvalue weighted by atomic mass is 10.2. The Bertz CT molecular complexity index is 285. The molecule has 96 valence electrons. The van der Waals surface area contributed by atoms with Crippen LogP contribution in [-0.4, -0.2) is 49.4 Å². The van der Waals surface area contributed by atoms with Crippen LogP contribution in [0.25, 0.3) is 0 Å². The first-order chi connectivity index (χ1) is 8.15. The Labute approximate surface area is 102 Å². The van der Waals surface area contributed by atoms with Crippen LogP contribution in [0.5, 0.6) is 0 Å². The molecule has 0 radical (unpaired) electrons. The first-order valence-corrected chi connectivity index (χ1v) is 6.01. The molecule has 5 nitrogen and oxygen atoms in total. The molecule has 1 aliphatic heterocycles. The zero-order valence-corrected chi connectivity index (χ0v) is 10.4. The fourth-order valence-corrected chi connectivity index (χ4v) is 1.81. The Hall–Kier alpha value is -1.36. The van der Waals surface area contributed by atoms with Crippen LogP contribution in [0.1, 0.15) is 19.3 Å². The molecule has 0 spiro atoms. The third kappa shape index (κ3) is 4.56. The maximum absolute atomic E-state index is 11.6. The number of rotatable bonds is 6. The standard InChI is InChI=1S/C12H21N3O2/c1-3-9-15(2)11(16)6-8-14-12(17)10-5-4-7-13-10/h3,10,13H,1,4-9H2,2H3,(H,14,17). The maximum Gasteiger partial charge on any atom is 0.237 e. The molecule has 1 atom stereocenters. The van der Waals surface area contributed by atoms with E-state index in [1.807, 2.05) is 0 Å². The fourth-order valence-electron chi connectivity index (χ4n) is 1.81. The highest BCUT2D eigenvalue weighted by molar-refractivity contribution is 5.83. The third-order valence-electron chi connectivity index (χ3n) is 2.84. The molecular formula is C12H21N3O2. The highest BCUT2D eigenvalue weighted by Crippen LogP contribution is 2.04. The number of amides is 2. The van der Waals surface area contributed by atoms with E-state index in [1.54, 1.807) is 18.0 Å². The van der Waals surface area contributed by atoms with Gasteiger partial charge in [0, 0.05) is 26.6 Å². The monoisotopic (exact) mass is 239 g/mol. The van der Waals surface area contributed by atoms with Gasteiger partial charge in [-0.25, -0.2) is 0 Å². The van der Waals surface area contributed by atoms with E-state index in [4.69, 9.17) is 0 Å². The summed E-state index contributed by atoms with van der Waals surface area (Å²) < 4.78 is 0. The molecule has 0 aromatic heterocycles. The molecule has 0 saturated carbocycles. The van der Waals surface area contributed by atoms with Crippen molar-refractivity contribution in [2.45, 2.75) is 25.3 Å². The summed E-state index contributed by atoms with van der Waals surface area (Å²) >= 11 is 0. The van der Waals surface area contributed by atoms with Crippen LogP contribution < -0.4 is 10.6 Å². The quantitative estimate of drug-likeness (QED) is 0.636. The Morgan fingerprint density at radius 1 is 1.59 bits per heavy atom. The summed E-state index contributed by atoms with van der Waals surface area (Å²) in [4.78, 5) is 24.7. The van der Waals surface area contributed by atoms with Crippen LogP contribution in [0.3, 0.4) is 0 Å². The van der Waals surface area contributed by atoms with Gasteiger partial charge >= 0.3 is 0 Å². The van der Waals surface area contributed by atoms with Gasteiger partial charge in [-0.2, -0.15) is 0 Å². The van der Waals surface area contributed by atoms with Gasteiger partial charge in [-0.3, -0.25) is 9.59 Å². The van der Waals surface area contributed by atoms with Crippen molar-refractivity contribution in [3.63, 3.8) is 0 Å². The molecule has 0 aromatic carbocycles. The van der Waals surface area contributed by atoms with Crippen LogP contribution in [0.15, 0.2) is 12.7 Å². The summed E-state index contributed by atoms with van der Waals surface area (Å²) in [7, 11) is 1.73. The predicted octanol–water partition coefficient (Wildman–Crippen LogP) is -0.111. The van der Waals surface area contributed by atoms with Gasteiger partial charge < -0.3 is 15.5 Å². The van der Waals surface area contributed by atoms with Crippen molar-refractivity contribution < 1.29 is 9.59 Å². The van der Waals surface area contributed by atoms with Gasteiger partial charge in [-0.05, 0) is 19.4 Å². The Morgan fingerprint density at radius 3 is 2.94 bits per heavy atom. The molecule has 5 heteroatoms. The lowest BCUT2D eigenvalue weighted by Gasteiger charge is -2.15. The lowest BCUT2D eigenvalue weighted by Crippen LogP contribution is -2.41. The lowest BCUT2D eigenvalue weighted by molar-refractivity contribution is -0.129. The number of nitrogens with zero attached hydrogens (tertiary/aromatic N) is 1. The van der Waals surface area contributed by atoms with E-state index in [2.05, 4.69) is 17.2 Å². The summed E-state index contributed by atoms with van der Waals surface area (Å²) in [6.07, 6.45) is 3.94. The molecule has 1 unspecified atom stereocenters. The van der Waals surface area contributed by atoms with E-state index in [0.29, 0.717) is 19.5 Å². The zero-order chi connectivity index (χ0) is 12.7. The second-order valence-corrected chi connectivity index (χ2v) is 4.25. The SMILES string of the molecule is C=CCN(C)C(=O)CCNC(=O)C1CCCN1. The summed E-state index contributed by atoms with van der Waals surface area (Å²) in [5.41, 5.74) is 0. The second-order valence-electron chi connectivity index (χ2n) is 4.25. The highest BCUT2D eigenvalue weighted by Gasteiger charge is 2.21. The van der Waals surface area contributed by atoms with Gasteiger partial charge in [0.15, 0.2) is 0 Å². The van der Waals surface area contributed by atoms with Gasteiger partial charge in [0.1, 0.15) is 0 Å². The molecule has 0 bridgehead atoms. The molecule has 2 amide bonds. The molecule has 2 N–H and O–H groups in total. The first-order valence-electron chi connectivity index (χ1n) is 6.01.